The number of carbonyl (C=O) groups is 1. The predicted octanol–water partition coefficient (Wildman–Crippen LogP) is 6.74. The van der Waals surface area contributed by atoms with E-state index in [1.165, 1.54) is 50.5 Å². The van der Waals surface area contributed by atoms with E-state index in [1.807, 2.05) is 6.08 Å². The lowest BCUT2D eigenvalue weighted by Gasteiger charge is -2.56. The molecule has 2 nitrogen and oxygen atoms in total. The molecule has 0 aliphatic heterocycles. The average Bonchev–Trinajstić information content (AvgIpc) is 3.09. The number of hydrogen-bond acceptors (Lipinski definition) is 2. The fourth-order valence-corrected chi connectivity index (χ4v) is 8.33. The van der Waals surface area contributed by atoms with Gasteiger partial charge in [0.15, 0.2) is 5.78 Å². The van der Waals surface area contributed by atoms with Gasteiger partial charge in [-0.2, -0.15) is 0 Å². The van der Waals surface area contributed by atoms with E-state index in [2.05, 4.69) is 39.8 Å². The van der Waals surface area contributed by atoms with Crippen LogP contribution in [-0.2, 0) is 4.79 Å². The molecule has 0 aromatic heterocycles. The zero-order valence-corrected chi connectivity index (χ0v) is 19.8. The van der Waals surface area contributed by atoms with Crippen LogP contribution < -0.4 is 0 Å². The summed E-state index contributed by atoms with van der Waals surface area (Å²) in [7, 11) is 0. The van der Waals surface area contributed by atoms with E-state index in [0.29, 0.717) is 29.6 Å². The van der Waals surface area contributed by atoms with Crippen LogP contribution in [0.3, 0.4) is 0 Å². The van der Waals surface area contributed by atoms with Crippen molar-refractivity contribution < 1.29 is 9.90 Å². The molecule has 8 unspecified atom stereocenters. The molecule has 30 heavy (non-hydrogen) atoms. The average molecular weight is 413 g/mol. The van der Waals surface area contributed by atoms with Crippen molar-refractivity contribution >= 4 is 5.78 Å². The number of fused-ring (bicyclic) bond motifs is 5. The number of rotatable bonds is 7. The van der Waals surface area contributed by atoms with E-state index in [-0.39, 0.29) is 5.41 Å². The van der Waals surface area contributed by atoms with Crippen LogP contribution in [0, 0.1) is 46.3 Å². The molecule has 4 aliphatic rings. The van der Waals surface area contributed by atoms with Gasteiger partial charge in [0.05, 0.1) is 0 Å². The number of aliphatic hydroxyl groups is 1. The summed E-state index contributed by atoms with van der Waals surface area (Å²) >= 11 is 0. The molecular weight excluding hydrogens is 368 g/mol. The van der Waals surface area contributed by atoms with Gasteiger partial charge >= 0.3 is 0 Å². The number of ketones is 1. The largest absolute Gasteiger partial charge is 0.396 e. The zero-order valence-electron chi connectivity index (χ0n) is 19.8. The molecule has 4 rings (SSSR count). The molecule has 2 fully saturated rings. The van der Waals surface area contributed by atoms with Crippen LogP contribution in [0.1, 0.15) is 91.9 Å². The minimum absolute atomic E-state index is 0.220. The molecule has 0 aromatic rings. The Morgan fingerprint density at radius 1 is 1.13 bits per heavy atom. The van der Waals surface area contributed by atoms with Crippen molar-refractivity contribution in [3.8, 4) is 0 Å². The first-order valence-electron chi connectivity index (χ1n) is 12.9. The third-order valence-corrected chi connectivity index (χ3v) is 10.4. The Balaban J connectivity index is 1.47. The molecule has 0 bridgehead atoms. The minimum atomic E-state index is 0.220. The minimum Gasteiger partial charge on any atom is -0.396 e. The fourth-order valence-electron chi connectivity index (χ4n) is 8.33. The standard InChI is InChI=1S/C28H44O2/c1-5-20(18-29)8-6-7-19(2)24-11-12-25-23-10-9-21-17-22(30)13-15-27(21,3)26(23)14-16-28(24,25)4/h9-10,17,19-20,23-26,29H,5-8,11-16,18H2,1-4H3. The van der Waals surface area contributed by atoms with Crippen molar-refractivity contribution in [3.05, 3.63) is 23.8 Å². The smallest absolute Gasteiger partial charge is 0.156 e. The Labute approximate surface area is 184 Å². The van der Waals surface area contributed by atoms with Gasteiger partial charge in [-0.3, -0.25) is 4.79 Å². The van der Waals surface area contributed by atoms with Crippen molar-refractivity contribution in [3.63, 3.8) is 0 Å². The van der Waals surface area contributed by atoms with Crippen LogP contribution >= 0.6 is 0 Å². The molecule has 0 amide bonds. The second-order valence-electron chi connectivity index (χ2n) is 11.7. The highest BCUT2D eigenvalue weighted by Gasteiger charge is 2.58. The topological polar surface area (TPSA) is 37.3 Å². The summed E-state index contributed by atoms with van der Waals surface area (Å²) in [4.78, 5) is 12.0. The van der Waals surface area contributed by atoms with Gasteiger partial charge in [0, 0.05) is 13.0 Å². The summed E-state index contributed by atoms with van der Waals surface area (Å²) in [6.45, 7) is 10.1. The highest BCUT2D eigenvalue weighted by molar-refractivity contribution is 5.92. The summed E-state index contributed by atoms with van der Waals surface area (Å²) in [6.07, 6.45) is 19.0. The molecule has 1 N–H and O–H groups in total. The molecule has 0 radical (unpaired) electrons. The van der Waals surface area contributed by atoms with Gasteiger partial charge in [-0.15, -0.1) is 0 Å². The van der Waals surface area contributed by atoms with E-state index in [1.54, 1.807) is 0 Å². The third-order valence-electron chi connectivity index (χ3n) is 10.4. The van der Waals surface area contributed by atoms with Gasteiger partial charge in [0.25, 0.3) is 0 Å². The third kappa shape index (κ3) is 3.65. The second kappa shape index (κ2) is 8.57. The van der Waals surface area contributed by atoms with Gasteiger partial charge in [0.1, 0.15) is 0 Å². The molecule has 0 heterocycles. The zero-order chi connectivity index (χ0) is 21.5. The van der Waals surface area contributed by atoms with Crippen LogP contribution in [0.5, 0.6) is 0 Å². The number of hydrogen-bond donors (Lipinski definition) is 1. The lowest BCUT2D eigenvalue weighted by Crippen LogP contribution is -2.49. The quantitative estimate of drug-likeness (QED) is 0.503. The fraction of sp³-hybridized carbons (Fsp3) is 0.821. The monoisotopic (exact) mass is 412 g/mol. The first-order valence-corrected chi connectivity index (χ1v) is 12.9. The Kier molecular flexibility index (Phi) is 6.37. The van der Waals surface area contributed by atoms with E-state index >= 15 is 0 Å². The molecule has 0 saturated heterocycles. The maximum atomic E-state index is 12.0. The van der Waals surface area contributed by atoms with Gasteiger partial charge in [-0.1, -0.05) is 59.1 Å². The highest BCUT2D eigenvalue weighted by Crippen LogP contribution is 2.66. The van der Waals surface area contributed by atoms with Crippen molar-refractivity contribution in [1.82, 2.24) is 0 Å². The van der Waals surface area contributed by atoms with Crippen molar-refractivity contribution in [1.29, 1.82) is 0 Å². The van der Waals surface area contributed by atoms with Gasteiger partial charge < -0.3 is 5.11 Å². The van der Waals surface area contributed by atoms with E-state index in [9.17, 15) is 9.90 Å². The first kappa shape index (κ1) is 22.3. The summed E-state index contributed by atoms with van der Waals surface area (Å²) < 4.78 is 0. The molecule has 4 aliphatic carbocycles. The van der Waals surface area contributed by atoms with Crippen LogP contribution in [0.2, 0.25) is 0 Å². The van der Waals surface area contributed by atoms with Crippen LogP contribution in [0.4, 0.5) is 0 Å². The summed E-state index contributed by atoms with van der Waals surface area (Å²) in [5.41, 5.74) is 2.02. The van der Waals surface area contributed by atoms with E-state index < -0.39 is 0 Å². The van der Waals surface area contributed by atoms with Crippen LogP contribution in [0.25, 0.3) is 0 Å². The molecular formula is C28H44O2. The van der Waals surface area contributed by atoms with Crippen molar-refractivity contribution in [2.24, 2.45) is 46.3 Å². The molecule has 8 atom stereocenters. The first-order chi connectivity index (χ1) is 14.3. The summed E-state index contributed by atoms with van der Waals surface area (Å²) in [5.74, 6) is 4.71. The molecule has 2 saturated carbocycles. The summed E-state index contributed by atoms with van der Waals surface area (Å²) in [6, 6.07) is 0. The highest BCUT2D eigenvalue weighted by atomic mass is 16.3. The molecule has 168 valence electrons. The van der Waals surface area contributed by atoms with E-state index in [0.717, 1.165) is 42.9 Å². The normalized spacial score (nSPS) is 42.2. The number of allylic oxidation sites excluding steroid dienone is 4. The Bertz CT molecular complexity index is 701. The lowest BCUT2D eigenvalue weighted by molar-refractivity contribution is -0.116. The second-order valence-corrected chi connectivity index (χ2v) is 11.7. The Morgan fingerprint density at radius 3 is 2.67 bits per heavy atom. The lowest BCUT2D eigenvalue weighted by atomic mass is 9.48. The summed E-state index contributed by atoms with van der Waals surface area (Å²) in [5, 5.41) is 9.50. The van der Waals surface area contributed by atoms with Crippen molar-refractivity contribution in [2.45, 2.75) is 91.9 Å². The SMILES string of the molecule is CCC(CO)CCCC(C)C1CCC2C3C=CC4=CC(=O)CCC4(C)C3CCC12C. The van der Waals surface area contributed by atoms with Crippen LogP contribution in [-0.4, -0.2) is 17.5 Å². The van der Waals surface area contributed by atoms with Gasteiger partial charge in [-0.05, 0) is 96.5 Å². The Hall–Kier alpha value is -0.890. The van der Waals surface area contributed by atoms with Crippen molar-refractivity contribution in [2.75, 3.05) is 6.61 Å². The van der Waals surface area contributed by atoms with Gasteiger partial charge in [-0.25, -0.2) is 0 Å². The van der Waals surface area contributed by atoms with Gasteiger partial charge in [0.2, 0.25) is 0 Å². The number of aliphatic hydroxyl groups excluding tert-OH is 1. The van der Waals surface area contributed by atoms with E-state index in [4.69, 9.17) is 0 Å². The predicted molar refractivity (Wildman–Crippen MR) is 124 cm³/mol. The molecule has 0 spiro atoms. The maximum absolute atomic E-state index is 12.0. The number of carbonyl (C=O) groups excluding carboxylic acids is 1. The maximum Gasteiger partial charge on any atom is 0.156 e. The molecule has 2 heteroatoms. The van der Waals surface area contributed by atoms with Crippen LogP contribution in [0.15, 0.2) is 23.8 Å². The Morgan fingerprint density at radius 2 is 1.93 bits per heavy atom. The molecule has 0 aromatic carbocycles.